The number of ether oxygens (including phenoxy) is 1. The molecular weight excluding hydrogens is 348 g/mol. The molecule has 3 rings (SSSR count). The molecule has 0 bridgehead atoms. The number of carbonyl (C=O) groups excluding carboxylic acids is 2. The molecule has 1 saturated heterocycles. The third-order valence-corrected chi connectivity index (χ3v) is 4.62. The molecule has 0 spiro atoms. The van der Waals surface area contributed by atoms with Crippen molar-refractivity contribution in [3.8, 4) is 0 Å². The molecule has 2 aromatic rings. The number of benzene rings is 1. The number of nitrogens with one attached hydrogen (secondary N) is 1. The highest BCUT2D eigenvalue weighted by Gasteiger charge is 2.20. The average Bonchev–Trinajstić information content (AvgIpc) is 3.04. The van der Waals surface area contributed by atoms with Crippen LogP contribution in [0.25, 0.3) is 11.0 Å². The molecule has 2 heterocycles. The molecule has 2 amide bonds. The van der Waals surface area contributed by atoms with Crippen LogP contribution in [0.5, 0.6) is 0 Å². The number of hydrogen-bond acceptors (Lipinski definition) is 5. The fourth-order valence-corrected chi connectivity index (χ4v) is 3.18. The Bertz CT molecular complexity index is 783. The van der Waals surface area contributed by atoms with E-state index in [9.17, 15) is 9.59 Å². The zero-order valence-electron chi connectivity index (χ0n) is 15.4. The Hall–Kier alpha value is -2.45. The second-order valence-corrected chi connectivity index (χ2v) is 6.52. The highest BCUT2D eigenvalue weighted by molar-refractivity contribution is 5.81. The van der Waals surface area contributed by atoms with E-state index in [1.807, 2.05) is 33.7 Å². The molecular formula is C19H26N4O4. The average molecular weight is 374 g/mol. The van der Waals surface area contributed by atoms with E-state index < -0.39 is 0 Å². The monoisotopic (exact) mass is 374 g/mol. The van der Waals surface area contributed by atoms with Crippen molar-refractivity contribution in [3.63, 3.8) is 0 Å². The maximum absolute atomic E-state index is 12.7. The number of aliphatic hydroxyl groups excluding tert-OH is 1. The Kier molecular flexibility index (Phi) is 6.78. The smallest absolute Gasteiger partial charge is 0.242 e. The summed E-state index contributed by atoms with van der Waals surface area (Å²) in [5.41, 5.74) is 1.76. The molecule has 146 valence electrons. The molecule has 0 radical (unpaired) electrons. The number of rotatable bonds is 8. The van der Waals surface area contributed by atoms with Crippen LogP contribution in [-0.2, 0) is 27.3 Å². The first-order valence-electron chi connectivity index (χ1n) is 9.36. The summed E-state index contributed by atoms with van der Waals surface area (Å²) in [5, 5.41) is 11.6. The van der Waals surface area contributed by atoms with E-state index >= 15 is 0 Å². The van der Waals surface area contributed by atoms with Crippen LogP contribution < -0.4 is 5.32 Å². The first kappa shape index (κ1) is 19.3. The van der Waals surface area contributed by atoms with E-state index in [0.717, 1.165) is 16.9 Å². The van der Waals surface area contributed by atoms with Crippen molar-refractivity contribution < 1.29 is 19.4 Å². The molecule has 1 aliphatic heterocycles. The standard InChI is InChI=1S/C19H26N4O4/c24-11-3-6-18(25)20-8-7-17-21-15-4-1-2-5-16(15)23(17)14-19(26)22-9-12-27-13-10-22/h1-2,4-5,24H,3,6-14H2,(H,20,25). The number of nitrogens with zero attached hydrogens (tertiary/aromatic N) is 3. The van der Waals surface area contributed by atoms with Crippen molar-refractivity contribution in [1.29, 1.82) is 0 Å². The van der Waals surface area contributed by atoms with Gasteiger partial charge in [-0.25, -0.2) is 4.98 Å². The summed E-state index contributed by atoms with van der Waals surface area (Å²) in [7, 11) is 0. The molecule has 0 atom stereocenters. The normalized spacial score (nSPS) is 14.5. The van der Waals surface area contributed by atoms with E-state index in [1.54, 1.807) is 0 Å². The van der Waals surface area contributed by atoms with Gasteiger partial charge >= 0.3 is 0 Å². The Morgan fingerprint density at radius 3 is 2.78 bits per heavy atom. The third-order valence-electron chi connectivity index (χ3n) is 4.62. The Balaban J connectivity index is 1.69. The molecule has 0 unspecified atom stereocenters. The van der Waals surface area contributed by atoms with Crippen LogP contribution in [0.1, 0.15) is 18.7 Å². The van der Waals surface area contributed by atoms with Crippen LogP contribution in [0.3, 0.4) is 0 Å². The fourth-order valence-electron chi connectivity index (χ4n) is 3.18. The van der Waals surface area contributed by atoms with Gasteiger partial charge in [-0.2, -0.15) is 0 Å². The quantitative estimate of drug-likeness (QED) is 0.694. The van der Waals surface area contributed by atoms with Gasteiger partial charge in [-0.3, -0.25) is 9.59 Å². The van der Waals surface area contributed by atoms with E-state index in [1.165, 1.54) is 0 Å². The van der Waals surface area contributed by atoms with Gasteiger partial charge in [0.25, 0.3) is 0 Å². The zero-order chi connectivity index (χ0) is 19.1. The van der Waals surface area contributed by atoms with Gasteiger partial charge in [0, 0.05) is 39.1 Å². The highest BCUT2D eigenvalue weighted by atomic mass is 16.5. The van der Waals surface area contributed by atoms with Crippen LogP contribution >= 0.6 is 0 Å². The topological polar surface area (TPSA) is 96.7 Å². The number of carbonyl (C=O) groups is 2. The lowest BCUT2D eigenvalue weighted by atomic mass is 10.3. The van der Waals surface area contributed by atoms with Crippen molar-refractivity contribution in [2.24, 2.45) is 0 Å². The number of aliphatic hydroxyl groups is 1. The minimum Gasteiger partial charge on any atom is -0.396 e. The summed E-state index contributed by atoms with van der Waals surface area (Å²) < 4.78 is 7.25. The molecule has 1 fully saturated rings. The van der Waals surface area contributed by atoms with E-state index in [2.05, 4.69) is 10.3 Å². The molecule has 1 aromatic carbocycles. The molecule has 1 aromatic heterocycles. The zero-order valence-corrected chi connectivity index (χ0v) is 15.4. The van der Waals surface area contributed by atoms with E-state index in [-0.39, 0.29) is 25.0 Å². The van der Waals surface area contributed by atoms with Crippen molar-refractivity contribution in [3.05, 3.63) is 30.1 Å². The van der Waals surface area contributed by atoms with Gasteiger partial charge in [0.15, 0.2) is 0 Å². The van der Waals surface area contributed by atoms with Crippen LogP contribution in [-0.4, -0.2) is 70.8 Å². The third kappa shape index (κ3) is 5.05. The van der Waals surface area contributed by atoms with Crippen LogP contribution in [0.4, 0.5) is 0 Å². The predicted octanol–water partition coefficient (Wildman–Crippen LogP) is 0.326. The minimum absolute atomic E-state index is 0.00681. The summed E-state index contributed by atoms with van der Waals surface area (Å²) in [4.78, 5) is 30.9. The van der Waals surface area contributed by atoms with Gasteiger partial charge in [0.2, 0.25) is 11.8 Å². The highest BCUT2D eigenvalue weighted by Crippen LogP contribution is 2.17. The second kappa shape index (κ2) is 9.48. The molecule has 1 aliphatic rings. The molecule has 0 saturated carbocycles. The number of hydrogen-bond donors (Lipinski definition) is 2. The maximum Gasteiger partial charge on any atom is 0.242 e. The summed E-state index contributed by atoms with van der Waals surface area (Å²) in [6, 6.07) is 7.73. The van der Waals surface area contributed by atoms with Gasteiger partial charge in [-0.15, -0.1) is 0 Å². The van der Waals surface area contributed by atoms with Gasteiger partial charge in [-0.05, 0) is 18.6 Å². The minimum atomic E-state index is -0.0869. The SMILES string of the molecule is O=C(CCCO)NCCc1nc2ccccc2n1CC(=O)N1CCOCC1. The fraction of sp³-hybridized carbons (Fsp3) is 0.526. The molecule has 0 aliphatic carbocycles. The Morgan fingerprint density at radius 2 is 2.00 bits per heavy atom. The van der Waals surface area contributed by atoms with Crippen LogP contribution in [0, 0.1) is 0 Å². The largest absolute Gasteiger partial charge is 0.396 e. The summed E-state index contributed by atoms with van der Waals surface area (Å²) in [5.74, 6) is 0.742. The van der Waals surface area contributed by atoms with Gasteiger partial charge in [-0.1, -0.05) is 12.1 Å². The lowest BCUT2D eigenvalue weighted by molar-refractivity contribution is -0.135. The Morgan fingerprint density at radius 1 is 1.22 bits per heavy atom. The first-order valence-corrected chi connectivity index (χ1v) is 9.36. The number of aromatic nitrogens is 2. The molecule has 2 N–H and O–H groups in total. The molecule has 8 nitrogen and oxygen atoms in total. The first-order chi connectivity index (χ1) is 13.2. The van der Waals surface area contributed by atoms with E-state index in [4.69, 9.17) is 9.84 Å². The Labute approximate surface area is 158 Å². The lowest BCUT2D eigenvalue weighted by Crippen LogP contribution is -2.42. The number of amides is 2. The number of imidazole rings is 1. The summed E-state index contributed by atoms with van der Waals surface area (Å²) >= 11 is 0. The van der Waals surface area contributed by atoms with Crippen LogP contribution in [0.15, 0.2) is 24.3 Å². The summed E-state index contributed by atoms with van der Waals surface area (Å²) in [6.07, 6.45) is 1.30. The van der Waals surface area contributed by atoms with Crippen molar-refractivity contribution in [1.82, 2.24) is 19.8 Å². The predicted molar refractivity (Wildman–Crippen MR) is 100 cm³/mol. The van der Waals surface area contributed by atoms with Crippen molar-refractivity contribution >= 4 is 22.8 Å². The number of fused-ring (bicyclic) bond motifs is 1. The van der Waals surface area contributed by atoms with Gasteiger partial charge in [0.05, 0.1) is 24.2 Å². The molecule has 27 heavy (non-hydrogen) atoms. The second-order valence-electron chi connectivity index (χ2n) is 6.52. The number of para-hydroxylation sites is 2. The van der Waals surface area contributed by atoms with Crippen molar-refractivity contribution in [2.45, 2.75) is 25.8 Å². The summed E-state index contributed by atoms with van der Waals surface area (Å²) in [6.45, 7) is 3.05. The van der Waals surface area contributed by atoms with Gasteiger partial charge in [0.1, 0.15) is 12.4 Å². The van der Waals surface area contributed by atoms with Crippen molar-refractivity contribution in [2.75, 3.05) is 39.5 Å². The van der Waals surface area contributed by atoms with Crippen LogP contribution in [0.2, 0.25) is 0 Å². The van der Waals surface area contributed by atoms with E-state index in [0.29, 0.717) is 52.1 Å². The lowest BCUT2D eigenvalue weighted by Gasteiger charge is -2.27. The number of morpholine rings is 1. The molecule has 8 heteroatoms. The maximum atomic E-state index is 12.7. The van der Waals surface area contributed by atoms with Gasteiger partial charge < -0.3 is 24.6 Å².